The van der Waals surface area contributed by atoms with Gasteiger partial charge in [0.1, 0.15) is 5.52 Å². The zero-order chi connectivity index (χ0) is 10.3. The number of pyridine rings is 1. The van der Waals surface area contributed by atoms with Crippen molar-refractivity contribution >= 4 is 33.2 Å². The van der Waals surface area contributed by atoms with Gasteiger partial charge in [-0.25, -0.2) is 9.97 Å². The van der Waals surface area contributed by atoms with Crippen LogP contribution in [0.15, 0.2) is 12.3 Å². The molecule has 4 heteroatoms. The maximum Gasteiger partial charge on any atom is 0.156 e. The highest BCUT2D eigenvalue weighted by Crippen LogP contribution is 2.38. The first-order valence-electron chi connectivity index (χ1n) is 5.25. The zero-order valence-electron chi connectivity index (χ0n) is 8.24. The van der Waals surface area contributed by atoms with E-state index in [1.807, 2.05) is 6.07 Å². The van der Waals surface area contributed by atoms with Crippen molar-refractivity contribution in [2.24, 2.45) is 0 Å². The molecule has 0 aromatic carbocycles. The predicted octanol–water partition coefficient (Wildman–Crippen LogP) is 4.00. The zero-order valence-corrected chi connectivity index (χ0v) is 9.81. The number of hydrogen-bond acceptors (Lipinski definition) is 3. The quantitative estimate of drug-likeness (QED) is 0.702. The van der Waals surface area contributed by atoms with E-state index in [9.17, 15) is 0 Å². The maximum absolute atomic E-state index is 6.01. The van der Waals surface area contributed by atoms with Crippen molar-refractivity contribution in [2.45, 2.75) is 31.6 Å². The first kappa shape index (κ1) is 9.55. The molecule has 0 spiro atoms. The van der Waals surface area contributed by atoms with Crippen molar-refractivity contribution in [1.29, 1.82) is 0 Å². The largest absolute Gasteiger partial charge is 0.242 e. The van der Waals surface area contributed by atoms with Gasteiger partial charge in [-0.2, -0.15) is 0 Å². The van der Waals surface area contributed by atoms with E-state index in [4.69, 9.17) is 11.6 Å². The molecule has 2 nitrogen and oxygen atoms in total. The standard InChI is InChI=1S/C11H11ClN2S/c12-10-9-8(5-6-13-10)15-11(14-9)7-3-1-2-4-7/h5-7H,1-4H2. The molecule has 0 atom stereocenters. The molecule has 2 heterocycles. The van der Waals surface area contributed by atoms with Crippen molar-refractivity contribution in [3.63, 3.8) is 0 Å². The summed E-state index contributed by atoms with van der Waals surface area (Å²) in [6, 6.07) is 2.00. The lowest BCUT2D eigenvalue weighted by atomic mass is 10.1. The fourth-order valence-electron chi connectivity index (χ4n) is 2.19. The smallest absolute Gasteiger partial charge is 0.156 e. The fourth-order valence-corrected chi connectivity index (χ4v) is 3.58. The molecule has 78 valence electrons. The maximum atomic E-state index is 6.01. The van der Waals surface area contributed by atoms with Gasteiger partial charge < -0.3 is 0 Å². The highest BCUT2D eigenvalue weighted by Gasteiger charge is 2.21. The number of hydrogen-bond donors (Lipinski definition) is 0. The number of nitrogens with zero attached hydrogens (tertiary/aromatic N) is 2. The number of thiazole rings is 1. The van der Waals surface area contributed by atoms with Crippen LogP contribution in [0, 0.1) is 0 Å². The normalized spacial score (nSPS) is 17.7. The van der Waals surface area contributed by atoms with E-state index in [1.54, 1.807) is 17.5 Å². The number of rotatable bonds is 1. The van der Waals surface area contributed by atoms with Gasteiger partial charge in [0.25, 0.3) is 0 Å². The van der Waals surface area contributed by atoms with Crippen LogP contribution in [0.4, 0.5) is 0 Å². The van der Waals surface area contributed by atoms with Gasteiger partial charge in [0.15, 0.2) is 5.15 Å². The molecule has 0 bridgehead atoms. The molecule has 0 radical (unpaired) electrons. The average molecular weight is 239 g/mol. The summed E-state index contributed by atoms with van der Waals surface area (Å²) in [6.07, 6.45) is 7.00. The van der Waals surface area contributed by atoms with Gasteiger partial charge in [0, 0.05) is 12.1 Å². The molecule has 0 saturated heterocycles. The van der Waals surface area contributed by atoms with Crippen LogP contribution in [-0.4, -0.2) is 9.97 Å². The summed E-state index contributed by atoms with van der Waals surface area (Å²) in [5.41, 5.74) is 0.881. The Morgan fingerprint density at radius 2 is 2.13 bits per heavy atom. The van der Waals surface area contributed by atoms with Gasteiger partial charge in [-0.1, -0.05) is 24.4 Å². The first-order valence-corrected chi connectivity index (χ1v) is 6.45. The van der Waals surface area contributed by atoms with Gasteiger partial charge in [-0.3, -0.25) is 0 Å². The Hall–Kier alpha value is -0.670. The van der Waals surface area contributed by atoms with Crippen LogP contribution in [0.5, 0.6) is 0 Å². The lowest BCUT2D eigenvalue weighted by molar-refractivity contribution is 0.718. The van der Waals surface area contributed by atoms with Crippen LogP contribution in [0.2, 0.25) is 5.15 Å². The third kappa shape index (κ3) is 1.64. The molecular weight excluding hydrogens is 228 g/mol. The minimum absolute atomic E-state index is 0.535. The van der Waals surface area contributed by atoms with Crippen molar-refractivity contribution in [3.8, 4) is 0 Å². The fraction of sp³-hybridized carbons (Fsp3) is 0.455. The summed E-state index contributed by atoms with van der Waals surface area (Å²) in [5, 5.41) is 1.78. The molecule has 1 fully saturated rings. The average Bonchev–Trinajstić information content (AvgIpc) is 2.86. The Morgan fingerprint density at radius 3 is 2.87 bits per heavy atom. The predicted molar refractivity (Wildman–Crippen MR) is 63.6 cm³/mol. The Balaban J connectivity index is 2.09. The van der Waals surface area contributed by atoms with Crippen molar-refractivity contribution < 1.29 is 0 Å². The van der Waals surface area contributed by atoms with E-state index in [-0.39, 0.29) is 0 Å². The van der Waals surface area contributed by atoms with E-state index in [1.165, 1.54) is 30.7 Å². The van der Waals surface area contributed by atoms with Crippen LogP contribution in [0.25, 0.3) is 10.2 Å². The monoisotopic (exact) mass is 238 g/mol. The Bertz CT molecular complexity index is 488. The Labute approximate surface area is 97.3 Å². The van der Waals surface area contributed by atoms with Gasteiger partial charge in [0.2, 0.25) is 0 Å². The molecular formula is C11H11ClN2S. The van der Waals surface area contributed by atoms with E-state index in [2.05, 4.69) is 9.97 Å². The van der Waals surface area contributed by atoms with Gasteiger partial charge in [-0.05, 0) is 18.9 Å². The number of fused-ring (bicyclic) bond motifs is 1. The van der Waals surface area contributed by atoms with Crippen LogP contribution >= 0.6 is 22.9 Å². The minimum Gasteiger partial charge on any atom is -0.242 e. The molecule has 2 aromatic rings. The van der Waals surface area contributed by atoms with Crippen LogP contribution in [-0.2, 0) is 0 Å². The summed E-state index contributed by atoms with van der Waals surface area (Å²) < 4.78 is 1.16. The summed E-state index contributed by atoms with van der Waals surface area (Å²) >= 11 is 7.78. The van der Waals surface area contributed by atoms with E-state index in [0.717, 1.165) is 10.2 Å². The van der Waals surface area contributed by atoms with Crippen LogP contribution in [0.3, 0.4) is 0 Å². The second kappa shape index (κ2) is 3.72. The third-order valence-electron chi connectivity index (χ3n) is 2.98. The molecule has 2 aromatic heterocycles. The summed E-state index contributed by atoms with van der Waals surface area (Å²) in [6.45, 7) is 0. The Morgan fingerprint density at radius 1 is 1.33 bits per heavy atom. The van der Waals surface area contributed by atoms with Gasteiger partial charge >= 0.3 is 0 Å². The number of aromatic nitrogens is 2. The topological polar surface area (TPSA) is 25.8 Å². The second-order valence-corrected chi connectivity index (χ2v) is 5.40. The molecule has 0 amide bonds. The lowest BCUT2D eigenvalue weighted by Gasteiger charge is -2.01. The Kier molecular flexibility index (Phi) is 2.37. The van der Waals surface area contributed by atoms with E-state index in [0.29, 0.717) is 11.1 Å². The SMILES string of the molecule is Clc1nccc2sc(C3CCCC3)nc12. The summed E-state index contributed by atoms with van der Waals surface area (Å²) in [7, 11) is 0. The summed E-state index contributed by atoms with van der Waals surface area (Å²) in [5.74, 6) is 0.665. The molecule has 0 unspecified atom stereocenters. The molecule has 0 aliphatic heterocycles. The minimum atomic E-state index is 0.535. The second-order valence-electron chi connectivity index (χ2n) is 3.98. The van der Waals surface area contributed by atoms with Crippen LogP contribution < -0.4 is 0 Å². The molecule has 1 saturated carbocycles. The molecule has 1 aliphatic rings. The summed E-state index contributed by atoms with van der Waals surface area (Å²) in [4.78, 5) is 8.68. The van der Waals surface area contributed by atoms with Crippen molar-refractivity contribution in [2.75, 3.05) is 0 Å². The third-order valence-corrected chi connectivity index (χ3v) is 4.44. The molecule has 0 N–H and O–H groups in total. The van der Waals surface area contributed by atoms with Crippen molar-refractivity contribution in [3.05, 3.63) is 22.4 Å². The lowest BCUT2D eigenvalue weighted by Crippen LogP contribution is -1.89. The van der Waals surface area contributed by atoms with E-state index >= 15 is 0 Å². The first-order chi connectivity index (χ1) is 7.34. The molecule has 1 aliphatic carbocycles. The van der Waals surface area contributed by atoms with E-state index < -0.39 is 0 Å². The highest BCUT2D eigenvalue weighted by atomic mass is 35.5. The van der Waals surface area contributed by atoms with Crippen LogP contribution in [0.1, 0.15) is 36.6 Å². The molecule has 3 rings (SSSR count). The van der Waals surface area contributed by atoms with Gasteiger partial charge in [-0.15, -0.1) is 11.3 Å². The highest BCUT2D eigenvalue weighted by molar-refractivity contribution is 7.18. The van der Waals surface area contributed by atoms with Gasteiger partial charge in [0.05, 0.1) is 9.71 Å². The van der Waals surface area contributed by atoms with Crippen molar-refractivity contribution in [1.82, 2.24) is 9.97 Å². The molecule has 15 heavy (non-hydrogen) atoms. The number of halogens is 1.